The van der Waals surface area contributed by atoms with Crippen LogP contribution >= 0.6 is 0 Å². The molecule has 2 rings (SSSR count). The first-order valence-electron chi connectivity index (χ1n) is 8.84. The molecule has 3 atom stereocenters. The standard InChI is InChI=1S/C19H32N2/c1-3-10-19(17-11-6-4-7-12-17)21-16(2)15-18-13-8-5-9-14-20-18/h4,6-7,11-12,16,18-21H,3,5,8-10,13-15H2,1-2H3. The topological polar surface area (TPSA) is 24.1 Å². The molecule has 1 aliphatic rings. The second-order valence-corrected chi connectivity index (χ2v) is 6.56. The monoisotopic (exact) mass is 288 g/mol. The lowest BCUT2D eigenvalue weighted by Gasteiger charge is -2.27. The highest BCUT2D eigenvalue weighted by molar-refractivity contribution is 5.18. The van der Waals surface area contributed by atoms with Gasteiger partial charge in [0.05, 0.1) is 0 Å². The van der Waals surface area contributed by atoms with Crippen molar-refractivity contribution in [3.8, 4) is 0 Å². The van der Waals surface area contributed by atoms with Crippen LogP contribution in [0.4, 0.5) is 0 Å². The lowest BCUT2D eigenvalue weighted by atomic mass is 9.98. The molecule has 1 aromatic carbocycles. The summed E-state index contributed by atoms with van der Waals surface area (Å²) in [5.41, 5.74) is 1.43. The van der Waals surface area contributed by atoms with E-state index in [0.29, 0.717) is 18.1 Å². The molecule has 3 unspecified atom stereocenters. The molecule has 0 aromatic heterocycles. The van der Waals surface area contributed by atoms with Gasteiger partial charge in [-0.15, -0.1) is 0 Å². The van der Waals surface area contributed by atoms with E-state index in [0.717, 1.165) is 0 Å². The molecule has 0 aliphatic carbocycles. The van der Waals surface area contributed by atoms with Gasteiger partial charge in [0.1, 0.15) is 0 Å². The first-order valence-corrected chi connectivity index (χ1v) is 8.84. The van der Waals surface area contributed by atoms with Crippen molar-refractivity contribution in [2.75, 3.05) is 6.54 Å². The van der Waals surface area contributed by atoms with Crippen LogP contribution in [0.2, 0.25) is 0 Å². The molecule has 0 spiro atoms. The summed E-state index contributed by atoms with van der Waals surface area (Å²) in [6, 6.07) is 12.7. The molecule has 118 valence electrons. The largest absolute Gasteiger partial charge is 0.314 e. The number of benzene rings is 1. The highest BCUT2D eigenvalue weighted by Gasteiger charge is 2.18. The minimum atomic E-state index is 0.497. The number of hydrogen-bond acceptors (Lipinski definition) is 2. The van der Waals surface area contributed by atoms with E-state index in [9.17, 15) is 0 Å². The predicted molar refractivity (Wildman–Crippen MR) is 91.6 cm³/mol. The van der Waals surface area contributed by atoms with Gasteiger partial charge in [-0.3, -0.25) is 0 Å². The van der Waals surface area contributed by atoms with E-state index < -0.39 is 0 Å². The quantitative estimate of drug-likeness (QED) is 0.775. The second-order valence-electron chi connectivity index (χ2n) is 6.56. The SMILES string of the molecule is CCCC(NC(C)CC1CCCCCN1)c1ccccc1. The van der Waals surface area contributed by atoms with E-state index in [1.807, 2.05) is 0 Å². The smallest absolute Gasteiger partial charge is 0.0322 e. The summed E-state index contributed by atoms with van der Waals surface area (Å²) >= 11 is 0. The summed E-state index contributed by atoms with van der Waals surface area (Å²) < 4.78 is 0. The fourth-order valence-corrected chi connectivity index (χ4v) is 3.46. The first kappa shape index (κ1) is 16.5. The van der Waals surface area contributed by atoms with Gasteiger partial charge in [0.25, 0.3) is 0 Å². The van der Waals surface area contributed by atoms with Crippen LogP contribution in [0.5, 0.6) is 0 Å². The van der Waals surface area contributed by atoms with E-state index in [1.54, 1.807) is 0 Å². The Kier molecular flexibility index (Phi) is 7.25. The summed E-state index contributed by atoms with van der Waals surface area (Å²) in [5.74, 6) is 0. The lowest BCUT2D eigenvalue weighted by molar-refractivity contribution is 0.362. The first-order chi connectivity index (χ1) is 10.3. The molecule has 0 bridgehead atoms. The lowest BCUT2D eigenvalue weighted by Crippen LogP contribution is -2.38. The highest BCUT2D eigenvalue weighted by atomic mass is 15.0. The number of hydrogen-bond donors (Lipinski definition) is 2. The van der Waals surface area contributed by atoms with Gasteiger partial charge in [-0.1, -0.05) is 56.5 Å². The Labute approximate surface area is 130 Å². The van der Waals surface area contributed by atoms with Gasteiger partial charge in [0, 0.05) is 18.1 Å². The summed E-state index contributed by atoms with van der Waals surface area (Å²) in [6.07, 6.45) is 9.16. The Morgan fingerprint density at radius 1 is 1.19 bits per heavy atom. The third kappa shape index (κ3) is 5.80. The maximum Gasteiger partial charge on any atom is 0.0322 e. The minimum Gasteiger partial charge on any atom is -0.314 e. The van der Waals surface area contributed by atoms with Gasteiger partial charge in [-0.05, 0) is 44.7 Å². The van der Waals surface area contributed by atoms with Gasteiger partial charge in [0.15, 0.2) is 0 Å². The van der Waals surface area contributed by atoms with E-state index in [4.69, 9.17) is 0 Å². The van der Waals surface area contributed by atoms with Crippen LogP contribution in [0.15, 0.2) is 30.3 Å². The van der Waals surface area contributed by atoms with Crippen LogP contribution < -0.4 is 10.6 Å². The molecule has 1 saturated heterocycles. The maximum absolute atomic E-state index is 3.86. The molecule has 2 nitrogen and oxygen atoms in total. The molecule has 1 fully saturated rings. The Bertz CT molecular complexity index is 368. The Morgan fingerprint density at radius 3 is 2.76 bits per heavy atom. The van der Waals surface area contributed by atoms with E-state index >= 15 is 0 Å². The van der Waals surface area contributed by atoms with Gasteiger partial charge < -0.3 is 10.6 Å². The minimum absolute atomic E-state index is 0.497. The fourth-order valence-electron chi connectivity index (χ4n) is 3.46. The maximum atomic E-state index is 3.86. The van der Waals surface area contributed by atoms with E-state index in [1.165, 1.54) is 57.1 Å². The molecule has 0 saturated carbocycles. The molecule has 21 heavy (non-hydrogen) atoms. The average molecular weight is 288 g/mol. The zero-order valence-electron chi connectivity index (χ0n) is 13.8. The number of nitrogens with one attached hydrogen (secondary N) is 2. The van der Waals surface area contributed by atoms with Crippen molar-refractivity contribution in [2.24, 2.45) is 0 Å². The van der Waals surface area contributed by atoms with Gasteiger partial charge in [0.2, 0.25) is 0 Å². The normalized spacial score (nSPS) is 22.5. The van der Waals surface area contributed by atoms with Gasteiger partial charge in [-0.2, -0.15) is 0 Å². The summed E-state index contributed by atoms with van der Waals surface area (Å²) in [4.78, 5) is 0. The highest BCUT2D eigenvalue weighted by Crippen LogP contribution is 2.20. The predicted octanol–water partition coefficient (Wildman–Crippen LogP) is 4.43. The van der Waals surface area contributed by atoms with Crippen molar-refractivity contribution in [1.82, 2.24) is 10.6 Å². The molecule has 1 aromatic rings. The second kappa shape index (κ2) is 9.22. The molecule has 1 heterocycles. The summed E-state index contributed by atoms with van der Waals surface area (Å²) in [7, 11) is 0. The molecule has 2 heteroatoms. The molecule has 0 amide bonds. The molecule has 0 radical (unpaired) electrons. The van der Waals surface area contributed by atoms with E-state index in [-0.39, 0.29) is 0 Å². The Morgan fingerprint density at radius 2 is 2.00 bits per heavy atom. The van der Waals surface area contributed by atoms with Crippen molar-refractivity contribution >= 4 is 0 Å². The third-order valence-corrected chi connectivity index (χ3v) is 4.57. The van der Waals surface area contributed by atoms with Crippen LogP contribution in [0.25, 0.3) is 0 Å². The molecule has 1 aliphatic heterocycles. The van der Waals surface area contributed by atoms with E-state index in [2.05, 4.69) is 54.8 Å². The molecular formula is C19H32N2. The van der Waals surface area contributed by atoms with Crippen molar-refractivity contribution < 1.29 is 0 Å². The van der Waals surface area contributed by atoms with Gasteiger partial charge >= 0.3 is 0 Å². The van der Waals surface area contributed by atoms with Crippen LogP contribution in [0, 0.1) is 0 Å². The van der Waals surface area contributed by atoms with Crippen molar-refractivity contribution in [1.29, 1.82) is 0 Å². The van der Waals surface area contributed by atoms with Gasteiger partial charge in [-0.25, -0.2) is 0 Å². The Balaban J connectivity index is 1.87. The summed E-state index contributed by atoms with van der Waals surface area (Å²) in [6.45, 7) is 5.82. The van der Waals surface area contributed by atoms with Crippen LogP contribution in [-0.4, -0.2) is 18.6 Å². The molecular weight excluding hydrogens is 256 g/mol. The van der Waals surface area contributed by atoms with Crippen LogP contribution in [0.3, 0.4) is 0 Å². The van der Waals surface area contributed by atoms with Crippen molar-refractivity contribution in [3.05, 3.63) is 35.9 Å². The fraction of sp³-hybridized carbons (Fsp3) is 0.684. The zero-order chi connectivity index (χ0) is 14.9. The molecule has 2 N–H and O–H groups in total. The third-order valence-electron chi connectivity index (χ3n) is 4.57. The Hall–Kier alpha value is -0.860. The average Bonchev–Trinajstić information content (AvgIpc) is 2.76. The van der Waals surface area contributed by atoms with Crippen LogP contribution in [0.1, 0.15) is 70.4 Å². The zero-order valence-corrected chi connectivity index (χ0v) is 13.8. The summed E-state index contributed by atoms with van der Waals surface area (Å²) in [5, 5.41) is 7.58. The number of rotatable bonds is 7. The van der Waals surface area contributed by atoms with Crippen molar-refractivity contribution in [3.63, 3.8) is 0 Å². The van der Waals surface area contributed by atoms with Crippen molar-refractivity contribution in [2.45, 2.75) is 76.9 Å². The van der Waals surface area contributed by atoms with Crippen LogP contribution in [-0.2, 0) is 0 Å².